The molecule has 1 aliphatic heterocycles. The van der Waals surface area contributed by atoms with Crippen molar-refractivity contribution in [1.29, 1.82) is 0 Å². The van der Waals surface area contributed by atoms with Crippen LogP contribution in [-0.4, -0.2) is 57.8 Å². The fraction of sp³-hybridized carbons (Fsp3) is 0.833. The Labute approximate surface area is 175 Å². The van der Waals surface area contributed by atoms with Crippen LogP contribution in [0.1, 0.15) is 52.3 Å². The molecule has 1 aromatic heterocycles. The average Bonchev–Trinajstić information content (AvgIpc) is 2.83. The van der Waals surface area contributed by atoms with Crippen LogP contribution in [0.3, 0.4) is 0 Å². The molecule has 2 heterocycles. The molecule has 1 atom stereocenters. The largest absolute Gasteiger partial charge is 0.357 e. The molecule has 26 heavy (non-hydrogen) atoms. The van der Waals surface area contributed by atoms with Crippen LogP contribution in [0, 0.1) is 5.92 Å². The van der Waals surface area contributed by atoms with Gasteiger partial charge >= 0.3 is 0 Å². The Bertz CT molecular complexity index is 521. The van der Waals surface area contributed by atoms with E-state index in [1.807, 2.05) is 7.05 Å². The minimum absolute atomic E-state index is 0. The monoisotopic (exact) mass is 477 g/mol. The number of aryl methyl sites for hydroxylation is 1. The lowest BCUT2D eigenvalue weighted by Crippen LogP contribution is -2.49. The third kappa shape index (κ3) is 7.38. The summed E-state index contributed by atoms with van der Waals surface area (Å²) < 4.78 is 1.77. The summed E-state index contributed by atoms with van der Waals surface area (Å²) in [5.41, 5.74) is 0. The zero-order valence-corrected chi connectivity index (χ0v) is 19.1. The summed E-state index contributed by atoms with van der Waals surface area (Å²) in [5, 5.41) is 11.0. The molecule has 8 heteroatoms. The van der Waals surface area contributed by atoms with Crippen molar-refractivity contribution in [3.05, 3.63) is 12.2 Å². The maximum absolute atomic E-state index is 4.66. The second-order valence-electron chi connectivity index (χ2n) is 7.14. The van der Waals surface area contributed by atoms with E-state index in [0.717, 1.165) is 24.9 Å². The van der Waals surface area contributed by atoms with Gasteiger partial charge in [-0.1, -0.05) is 26.7 Å². The molecule has 1 aliphatic rings. The normalized spacial score (nSPS) is 17.5. The van der Waals surface area contributed by atoms with E-state index in [1.165, 1.54) is 38.8 Å². The number of rotatable bonds is 7. The van der Waals surface area contributed by atoms with Gasteiger partial charge in [0, 0.05) is 26.2 Å². The van der Waals surface area contributed by atoms with Crippen LogP contribution in [0.4, 0.5) is 0 Å². The Morgan fingerprint density at radius 2 is 1.88 bits per heavy atom. The highest BCUT2D eigenvalue weighted by Gasteiger charge is 2.22. The minimum atomic E-state index is 0. The average molecular weight is 477 g/mol. The van der Waals surface area contributed by atoms with E-state index < -0.39 is 0 Å². The maximum atomic E-state index is 4.66. The summed E-state index contributed by atoms with van der Waals surface area (Å²) >= 11 is 0. The number of likely N-dealkylation sites (tertiary alicyclic amines) is 1. The standard InChI is InChI=1S/C18H35N7.HI/c1-5-19-18(21-13-17-22-14-23-24(17)4)20-12-16(15(2)3)25-10-8-6-7-9-11-25;/h14-16H,5-13H2,1-4H3,(H2,19,20,21);1H. The quantitative estimate of drug-likeness (QED) is 0.359. The van der Waals surface area contributed by atoms with Crippen LogP contribution < -0.4 is 10.6 Å². The molecule has 1 unspecified atom stereocenters. The van der Waals surface area contributed by atoms with Crippen molar-refractivity contribution in [2.75, 3.05) is 26.2 Å². The third-order valence-electron chi connectivity index (χ3n) is 4.89. The van der Waals surface area contributed by atoms with Gasteiger partial charge in [-0.25, -0.2) is 9.98 Å². The van der Waals surface area contributed by atoms with Crippen molar-refractivity contribution in [3.63, 3.8) is 0 Å². The van der Waals surface area contributed by atoms with Crippen LogP contribution in [0.15, 0.2) is 11.3 Å². The van der Waals surface area contributed by atoms with Crippen molar-refractivity contribution in [1.82, 2.24) is 30.3 Å². The molecule has 2 rings (SSSR count). The van der Waals surface area contributed by atoms with Crippen LogP contribution in [0.5, 0.6) is 0 Å². The molecule has 1 aromatic rings. The first-order valence-electron chi connectivity index (χ1n) is 9.71. The molecule has 2 N–H and O–H groups in total. The van der Waals surface area contributed by atoms with Gasteiger partial charge in [-0.3, -0.25) is 9.58 Å². The molecule has 1 fully saturated rings. The lowest BCUT2D eigenvalue weighted by molar-refractivity contribution is 0.161. The summed E-state index contributed by atoms with van der Waals surface area (Å²) in [7, 11) is 1.90. The first-order chi connectivity index (χ1) is 12.1. The number of guanidine groups is 1. The Morgan fingerprint density at radius 3 is 2.42 bits per heavy atom. The van der Waals surface area contributed by atoms with E-state index in [1.54, 1.807) is 11.0 Å². The third-order valence-corrected chi connectivity index (χ3v) is 4.89. The molecule has 0 aliphatic carbocycles. The molecule has 0 spiro atoms. The van der Waals surface area contributed by atoms with Gasteiger partial charge in [0.15, 0.2) is 5.96 Å². The van der Waals surface area contributed by atoms with Crippen LogP contribution in [0.25, 0.3) is 0 Å². The first-order valence-corrected chi connectivity index (χ1v) is 9.71. The number of hydrogen-bond acceptors (Lipinski definition) is 4. The molecule has 0 bridgehead atoms. The summed E-state index contributed by atoms with van der Waals surface area (Å²) in [6.45, 7) is 11.5. The molecule has 0 amide bonds. The van der Waals surface area contributed by atoms with Crippen LogP contribution in [-0.2, 0) is 13.6 Å². The lowest BCUT2D eigenvalue weighted by Gasteiger charge is -2.34. The number of nitrogens with one attached hydrogen (secondary N) is 2. The fourth-order valence-corrected chi connectivity index (χ4v) is 3.37. The minimum Gasteiger partial charge on any atom is -0.357 e. The predicted molar refractivity (Wildman–Crippen MR) is 118 cm³/mol. The van der Waals surface area contributed by atoms with Crippen molar-refractivity contribution >= 4 is 29.9 Å². The smallest absolute Gasteiger partial charge is 0.191 e. The Kier molecular flexibility index (Phi) is 11.1. The van der Waals surface area contributed by atoms with Gasteiger partial charge in [0.2, 0.25) is 0 Å². The summed E-state index contributed by atoms with van der Waals surface area (Å²) in [5.74, 6) is 2.34. The van der Waals surface area contributed by atoms with Crippen molar-refractivity contribution in [2.24, 2.45) is 18.0 Å². The van der Waals surface area contributed by atoms with E-state index in [9.17, 15) is 0 Å². The number of aliphatic imine (C=N–C) groups is 1. The highest BCUT2D eigenvalue weighted by atomic mass is 127. The van der Waals surface area contributed by atoms with Crippen molar-refractivity contribution in [3.8, 4) is 0 Å². The highest BCUT2D eigenvalue weighted by Crippen LogP contribution is 2.17. The zero-order valence-electron chi connectivity index (χ0n) is 16.7. The molecule has 150 valence electrons. The Hall–Kier alpha value is -0.900. The van der Waals surface area contributed by atoms with Gasteiger partial charge in [0.25, 0.3) is 0 Å². The van der Waals surface area contributed by atoms with E-state index in [4.69, 9.17) is 0 Å². The van der Waals surface area contributed by atoms with Gasteiger partial charge in [0.05, 0.1) is 0 Å². The molecule has 0 saturated carbocycles. The van der Waals surface area contributed by atoms with Gasteiger partial charge in [0.1, 0.15) is 18.7 Å². The molecular formula is C18H36IN7. The topological polar surface area (TPSA) is 70.4 Å². The maximum Gasteiger partial charge on any atom is 0.191 e. The molecule has 7 nitrogen and oxygen atoms in total. The fourth-order valence-electron chi connectivity index (χ4n) is 3.37. The van der Waals surface area contributed by atoms with E-state index >= 15 is 0 Å². The molecule has 0 aromatic carbocycles. The van der Waals surface area contributed by atoms with Crippen molar-refractivity contribution in [2.45, 2.75) is 59.0 Å². The number of hydrogen-bond donors (Lipinski definition) is 2. The number of halogens is 1. The SMILES string of the molecule is CCNC(=NCc1ncnn1C)NCC(C(C)C)N1CCCCCC1.I. The lowest BCUT2D eigenvalue weighted by atomic mass is 10.0. The van der Waals surface area contributed by atoms with Gasteiger partial charge in [-0.2, -0.15) is 5.10 Å². The van der Waals surface area contributed by atoms with Crippen molar-refractivity contribution < 1.29 is 0 Å². The molecule has 0 radical (unpaired) electrons. The van der Waals surface area contributed by atoms with Gasteiger partial charge < -0.3 is 10.6 Å². The zero-order chi connectivity index (χ0) is 18.1. The van der Waals surface area contributed by atoms with E-state index in [-0.39, 0.29) is 24.0 Å². The van der Waals surface area contributed by atoms with Crippen LogP contribution >= 0.6 is 24.0 Å². The predicted octanol–water partition coefficient (Wildman–Crippen LogP) is 2.39. The van der Waals surface area contributed by atoms with E-state index in [0.29, 0.717) is 18.5 Å². The molecule has 1 saturated heterocycles. The highest BCUT2D eigenvalue weighted by molar-refractivity contribution is 14.0. The Balaban J connectivity index is 0.00000338. The summed E-state index contributed by atoms with van der Waals surface area (Å²) in [6.07, 6.45) is 6.96. The molecular weight excluding hydrogens is 441 g/mol. The Morgan fingerprint density at radius 1 is 1.19 bits per heavy atom. The van der Waals surface area contributed by atoms with E-state index in [2.05, 4.69) is 51.4 Å². The second kappa shape index (κ2) is 12.5. The number of nitrogens with zero attached hydrogens (tertiary/aromatic N) is 5. The first kappa shape index (κ1) is 23.1. The second-order valence-corrected chi connectivity index (χ2v) is 7.14. The summed E-state index contributed by atoms with van der Waals surface area (Å²) in [6, 6.07) is 0.539. The summed E-state index contributed by atoms with van der Waals surface area (Å²) in [4.78, 5) is 11.6. The van der Waals surface area contributed by atoms with Gasteiger partial charge in [-0.15, -0.1) is 24.0 Å². The number of aromatic nitrogens is 3. The van der Waals surface area contributed by atoms with Crippen LogP contribution in [0.2, 0.25) is 0 Å². The van der Waals surface area contributed by atoms with Gasteiger partial charge in [-0.05, 0) is 38.8 Å².